The molecule has 1 fully saturated rings. The van der Waals surface area contributed by atoms with Gasteiger partial charge >= 0.3 is 0 Å². The van der Waals surface area contributed by atoms with Crippen molar-refractivity contribution in [3.8, 4) is 0 Å². The van der Waals surface area contributed by atoms with Crippen molar-refractivity contribution in [2.24, 2.45) is 28.6 Å². The Balaban J connectivity index is 1.89. The minimum Gasteiger partial charge on any atom is -0.390 e. The highest BCUT2D eigenvalue weighted by molar-refractivity contribution is 5.82. The number of fused-ring (bicyclic) bond motifs is 3. The zero-order valence-electron chi connectivity index (χ0n) is 18.8. The Bertz CT molecular complexity index is 678. The molecule has 0 radical (unpaired) electrons. The Hall–Kier alpha value is -1.13. The highest BCUT2D eigenvalue weighted by Crippen LogP contribution is 2.62. The number of nitrogens with one attached hydrogen (secondary N) is 1. The fourth-order valence-electron chi connectivity index (χ4n) is 6.32. The molecule has 0 bridgehead atoms. The SMILES string of the molecule is CC(C)C1=CC2=CCC3[C@](C)(CCC[C@]3(C)C(=O)N[N+](C)(C)CCO)[C@@H]2CC1. The summed E-state index contributed by atoms with van der Waals surface area (Å²) in [7, 11) is 3.91. The van der Waals surface area contributed by atoms with Crippen LogP contribution in [0.4, 0.5) is 0 Å². The number of allylic oxidation sites excluding steroid dienone is 4. The van der Waals surface area contributed by atoms with Crippen LogP contribution in [0, 0.1) is 28.6 Å². The summed E-state index contributed by atoms with van der Waals surface area (Å²) in [6.45, 7) is 9.86. The summed E-state index contributed by atoms with van der Waals surface area (Å²) in [6.07, 6.45) is 11.7. The number of hydrogen-bond acceptors (Lipinski definition) is 2. The maximum atomic E-state index is 13.5. The lowest BCUT2D eigenvalue weighted by molar-refractivity contribution is -0.925. The first-order chi connectivity index (χ1) is 13.0. The second-order valence-electron chi connectivity index (χ2n) is 10.8. The molecular weight excluding hydrogens is 348 g/mol. The molecule has 0 aromatic heterocycles. The first-order valence-electron chi connectivity index (χ1n) is 11.2. The monoisotopic (exact) mass is 389 g/mol. The average molecular weight is 390 g/mol. The Morgan fingerprint density at radius 1 is 1.32 bits per heavy atom. The van der Waals surface area contributed by atoms with Gasteiger partial charge in [0.25, 0.3) is 5.91 Å². The Morgan fingerprint density at radius 3 is 2.68 bits per heavy atom. The highest BCUT2D eigenvalue weighted by Gasteiger charge is 2.57. The molecule has 0 heterocycles. The molecule has 0 aliphatic heterocycles. The van der Waals surface area contributed by atoms with Crippen LogP contribution in [0.5, 0.6) is 0 Å². The molecule has 4 heteroatoms. The molecule has 3 aliphatic rings. The van der Waals surface area contributed by atoms with E-state index in [-0.39, 0.29) is 23.3 Å². The van der Waals surface area contributed by atoms with Crippen LogP contribution in [0.15, 0.2) is 23.3 Å². The largest absolute Gasteiger partial charge is 0.390 e. The summed E-state index contributed by atoms with van der Waals surface area (Å²) in [4.78, 5) is 13.5. The number of hydrogen-bond donors (Lipinski definition) is 2. The van der Waals surface area contributed by atoms with E-state index < -0.39 is 0 Å². The summed E-state index contributed by atoms with van der Waals surface area (Å²) in [5, 5.41) is 9.33. The molecule has 4 nitrogen and oxygen atoms in total. The molecule has 0 saturated heterocycles. The van der Waals surface area contributed by atoms with Crippen LogP contribution in [0.2, 0.25) is 0 Å². The third-order valence-electron chi connectivity index (χ3n) is 8.16. The van der Waals surface area contributed by atoms with E-state index in [1.165, 1.54) is 24.8 Å². The number of carbonyl (C=O) groups excluding carboxylic acids is 1. The van der Waals surface area contributed by atoms with Crippen LogP contribution >= 0.6 is 0 Å². The summed E-state index contributed by atoms with van der Waals surface area (Å²) < 4.78 is 0.333. The molecule has 3 rings (SSSR count). The van der Waals surface area contributed by atoms with Gasteiger partial charge in [-0.3, -0.25) is 4.79 Å². The van der Waals surface area contributed by atoms with Crippen LogP contribution < -0.4 is 5.43 Å². The lowest BCUT2D eigenvalue weighted by atomic mass is 9.46. The molecule has 1 saturated carbocycles. The molecule has 0 aromatic rings. The van der Waals surface area contributed by atoms with Gasteiger partial charge in [0, 0.05) is 0 Å². The normalized spacial score (nSPS) is 35.6. The lowest BCUT2D eigenvalue weighted by Crippen LogP contribution is -2.62. The van der Waals surface area contributed by atoms with Crippen molar-refractivity contribution in [3.05, 3.63) is 23.3 Å². The van der Waals surface area contributed by atoms with Crippen LogP contribution in [0.25, 0.3) is 0 Å². The third-order valence-corrected chi connectivity index (χ3v) is 8.16. The zero-order valence-corrected chi connectivity index (χ0v) is 18.8. The smallest absolute Gasteiger partial charge is 0.271 e. The molecule has 0 spiro atoms. The first-order valence-corrected chi connectivity index (χ1v) is 11.2. The van der Waals surface area contributed by atoms with E-state index in [1.807, 2.05) is 14.1 Å². The number of amides is 1. The van der Waals surface area contributed by atoms with Crippen molar-refractivity contribution in [3.63, 3.8) is 0 Å². The van der Waals surface area contributed by atoms with E-state index in [0.717, 1.165) is 19.3 Å². The number of rotatable bonds is 5. The van der Waals surface area contributed by atoms with Crippen LogP contribution in [0.3, 0.4) is 0 Å². The first kappa shape index (κ1) is 21.6. The second-order valence-corrected chi connectivity index (χ2v) is 10.8. The predicted molar refractivity (Wildman–Crippen MR) is 114 cm³/mol. The van der Waals surface area contributed by atoms with Gasteiger partial charge in [-0.05, 0) is 60.8 Å². The Kier molecular flexibility index (Phi) is 5.86. The van der Waals surface area contributed by atoms with Crippen molar-refractivity contribution in [2.75, 3.05) is 27.2 Å². The molecule has 1 amide bonds. The molecular formula is C24H41N2O2+. The number of aliphatic hydroxyl groups excluding tert-OH is 1. The number of likely N-dealkylation sites (N-methyl/N-ethyl adjacent to an activating group) is 1. The maximum absolute atomic E-state index is 13.5. The maximum Gasteiger partial charge on any atom is 0.271 e. The fraction of sp³-hybridized carbons (Fsp3) is 0.792. The van der Waals surface area contributed by atoms with Gasteiger partial charge in [0.05, 0.1) is 26.1 Å². The molecule has 2 N–H and O–H groups in total. The highest BCUT2D eigenvalue weighted by atomic mass is 16.3. The van der Waals surface area contributed by atoms with E-state index >= 15 is 0 Å². The quantitative estimate of drug-likeness (QED) is 0.546. The molecule has 3 aliphatic carbocycles. The van der Waals surface area contributed by atoms with Crippen molar-refractivity contribution < 1.29 is 14.5 Å². The lowest BCUT2D eigenvalue weighted by Gasteiger charge is -2.57. The predicted octanol–water partition coefficient (Wildman–Crippen LogP) is 4.22. The summed E-state index contributed by atoms with van der Waals surface area (Å²) >= 11 is 0. The fourth-order valence-corrected chi connectivity index (χ4v) is 6.32. The van der Waals surface area contributed by atoms with Gasteiger partial charge < -0.3 is 5.11 Å². The Morgan fingerprint density at radius 2 is 2.04 bits per heavy atom. The van der Waals surface area contributed by atoms with Gasteiger partial charge in [-0.25, -0.2) is 10.0 Å². The van der Waals surface area contributed by atoms with Gasteiger partial charge in [-0.2, -0.15) is 0 Å². The molecule has 1 unspecified atom stereocenters. The van der Waals surface area contributed by atoms with E-state index in [2.05, 4.69) is 45.3 Å². The van der Waals surface area contributed by atoms with Gasteiger partial charge in [-0.1, -0.05) is 51.8 Å². The van der Waals surface area contributed by atoms with E-state index in [4.69, 9.17) is 0 Å². The van der Waals surface area contributed by atoms with E-state index in [1.54, 1.807) is 5.57 Å². The van der Waals surface area contributed by atoms with Crippen molar-refractivity contribution in [2.45, 2.75) is 66.2 Å². The van der Waals surface area contributed by atoms with Crippen molar-refractivity contribution in [1.29, 1.82) is 0 Å². The number of carbonyl (C=O) groups is 1. The van der Waals surface area contributed by atoms with Gasteiger partial charge in [0.1, 0.15) is 6.54 Å². The number of nitrogens with zero attached hydrogens (tertiary/aromatic N) is 1. The van der Waals surface area contributed by atoms with Crippen LogP contribution in [-0.4, -0.2) is 42.9 Å². The number of aliphatic hydroxyl groups is 1. The van der Waals surface area contributed by atoms with Crippen LogP contribution in [0.1, 0.15) is 66.2 Å². The minimum absolute atomic E-state index is 0.0732. The third kappa shape index (κ3) is 3.70. The van der Waals surface area contributed by atoms with Gasteiger partial charge in [-0.15, -0.1) is 0 Å². The topological polar surface area (TPSA) is 49.3 Å². The summed E-state index contributed by atoms with van der Waals surface area (Å²) in [5.74, 6) is 1.75. The summed E-state index contributed by atoms with van der Waals surface area (Å²) in [6, 6.07) is 0. The zero-order chi connectivity index (χ0) is 20.7. The second kappa shape index (κ2) is 7.60. The average Bonchev–Trinajstić information content (AvgIpc) is 2.60. The molecule has 4 atom stereocenters. The standard InChI is InChI=1S/C24H40N2O2/c1-17(2)18-8-10-20-19(16-18)9-11-21-23(20,3)12-7-13-24(21,4)22(28)25-26(5,6)14-15-27/h9,16-17,20-21,27H,7-8,10-15H2,1-6H3/p+1/t20-,21?,23-,24+/m1/s1. The van der Waals surface area contributed by atoms with Gasteiger partial charge in [0.15, 0.2) is 0 Å². The minimum atomic E-state index is -0.345. The van der Waals surface area contributed by atoms with Crippen molar-refractivity contribution >= 4 is 5.91 Å². The molecule has 158 valence electrons. The van der Waals surface area contributed by atoms with Gasteiger partial charge in [0.2, 0.25) is 0 Å². The van der Waals surface area contributed by atoms with E-state index in [9.17, 15) is 9.90 Å². The summed E-state index contributed by atoms with van der Waals surface area (Å²) in [5.41, 5.74) is 6.19. The van der Waals surface area contributed by atoms with E-state index in [0.29, 0.717) is 28.9 Å². The number of quaternary nitrogens is 1. The van der Waals surface area contributed by atoms with Crippen LogP contribution in [-0.2, 0) is 4.79 Å². The Labute approximate surface area is 171 Å². The van der Waals surface area contributed by atoms with Crippen molar-refractivity contribution in [1.82, 2.24) is 5.43 Å². The molecule has 0 aromatic carbocycles. The molecule has 28 heavy (non-hydrogen) atoms.